The number of nitrogens with zero attached hydrogens (tertiary/aromatic N) is 2. The molecule has 0 saturated carbocycles. The van der Waals surface area contributed by atoms with Crippen LogP contribution in [-0.2, 0) is 4.79 Å². The molecule has 7 heteroatoms. The van der Waals surface area contributed by atoms with Crippen molar-refractivity contribution in [2.24, 2.45) is 5.92 Å². The van der Waals surface area contributed by atoms with Gasteiger partial charge in [0.15, 0.2) is 0 Å². The maximum atomic E-state index is 12.4. The van der Waals surface area contributed by atoms with Gasteiger partial charge in [-0.3, -0.25) is 19.7 Å². The summed E-state index contributed by atoms with van der Waals surface area (Å²) < 4.78 is 0. The fourth-order valence-electron chi connectivity index (χ4n) is 2.90. The predicted octanol–water partition coefficient (Wildman–Crippen LogP) is 2.28. The number of carbonyl (C=O) groups excluding carboxylic acids is 3. The van der Waals surface area contributed by atoms with E-state index in [2.05, 4.69) is 0 Å². The highest BCUT2D eigenvalue weighted by molar-refractivity contribution is 6.21. The van der Waals surface area contributed by atoms with E-state index in [9.17, 15) is 24.5 Å². The number of hydrogen-bond acceptors (Lipinski definition) is 5. The van der Waals surface area contributed by atoms with Crippen molar-refractivity contribution in [2.45, 2.75) is 38.8 Å². The van der Waals surface area contributed by atoms with Gasteiger partial charge < -0.3 is 4.79 Å². The number of nitro groups is 1. The van der Waals surface area contributed by atoms with Gasteiger partial charge in [-0.1, -0.05) is 31.9 Å². The maximum Gasteiger partial charge on any atom is 0.299 e. The van der Waals surface area contributed by atoms with Gasteiger partial charge in [0, 0.05) is 11.3 Å². The SMILES string of the molecule is CCCC[C@H](CC=O)[C@@H](N1C(=O)c2ccccc2C1=O)[N+](=O)[O-]. The van der Waals surface area contributed by atoms with Crippen LogP contribution in [0, 0.1) is 16.0 Å². The minimum Gasteiger partial charge on any atom is -0.303 e. The third-order valence-corrected chi connectivity index (χ3v) is 4.06. The van der Waals surface area contributed by atoms with E-state index in [1.54, 1.807) is 12.1 Å². The lowest BCUT2D eigenvalue weighted by molar-refractivity contribution is -0.551. The summed E-state index contributed by atoms with van der Waals surface area (Å²) in [4.78, 5) is 47.4. The molecule has 2 amide bonds. The van der Waals surface area contributed by atoms with Gasteiger partial charge in [-0.2, -0.15) is 0 Å². The molecule has 1 heterocycles. The molecule has 0 unspecified atom stereocenters. The molecule has 2 atom stereocenters. The minimum absolute atomic E-state index is 0.0565. The van der Waals surface area contributed by atoms with Crippen molar-refractivity contribution in [2.75, 3.05) is 0 Å². The van der Waals surface area contributed by atoms with Crippen LogP contribution in [-0.4, -0.2) is 34.1 Å². The molecule has 0 radical (unpaired) electrons. The first kappa shape index (κ1) is 16.8. The largest absolute Gasteiger partial charge is 0.303 e. The monoisotopic (exact) mass is 318 g/mol. The summed E-state index contributed by atoms with van der Waals surface area (Å²) in [7, 11) is 0. The number of hydrogen-bond donors (Lipinski definition) is 0. The van der Waals surface area contributed by atoms with Crippen LogP contribution in [0.4, 0.5) is 0 Å². The van der Waals surface area contributed by atoms with E-state index < -0.39 is 28.8 Å². The van der Waals surface area contributed by atoms with Gasteiger partial charge in [-0.05, 0) is 18.6 Å². The molecular formula is C16H18N2O5. The quantitative estimate of drug-likeness (QED) is 0.317. The molecule has 23 heavy (non-hydrogen) atoms. The number of aldehydes is 1. The summed E-state index contributed by atoms with van der Waals surface area (Å²) in [5.74, 6) is -2.01. The molecule has 0 saturated heterocycles. The van der Waals surface area contributed by atoms with Crippen molar-refractivity contribution in [3.05, 3.63) is 45.5 Å². The highest BCUT2D eigenvalue weighted by atomic mass is 16.6. The average Bonchev–Trinajstić information content (AvgIpc) is 2.78. The van der Waals surface area contributed by atoms with Crippen LogP contribution in [0.5, 0.6) is 0 Å². The Morgan fingerprint density at radius 3 is 2.22 bits per heavy atom. The molecule has 0 aromatic heterocycles. The highest BCUT2D eigenvalue weighted by Crippen LogP contribution is 2.30. The minimum atomic E-state index is -1.51. The molecule has 1 aliphatic heterocycles. The Labute approximate surface area is 133 Å². The van der Waals surface area contributed by atoms with Crippen LogP contribution >= 0.6 is 0 Å². The van der Waals surface area contributed by atoms with E-state index in [4.69, 9.17) is 0 Å². The summed E-state index contributed by atoms with van der Waals surface area (Å²) in [5, 5.41) is 11.6. The number of imide groups is 1. The zero-order valence-corrected chi connectivity index (χ0v) is 12.8. The first-order chi connectivity index (χ1) is 11.0. The van der Waals surface area contributed by atoms with Crippen molar-refractivity contribution in [3.8, 4) is 0 Å². The standard InChI is InChI=1S/C16H18N2O5/c1-2-3-6-11(9-10-19)14(18(22)23)17-15(20)12-7-4-5-8-13(12)16(17)21/h4-5,7-8,10-11,14H,2-3,6,9H2,1H3/t11-,14+/m1/s1. The molecule has 0 N–H and O–H groups in total. The van der Waals surface area contributed by atoms with Gasteiger partial charge in [0.1, 0.15) is 6.29 Å². The van der Waals surface area contributed by atoms with Crippen molar-refractivity contribution in [3.63, 3.8) is 0 Å². The number of benzene rings is 1. The first-order valence-electron chi connectivity index (χ1n) is 7.57. The second-order valence-electron chi connectivity index (χ2n) is 5.53. The average molecular weight is 318 g/mol. The number of carbonyl (C=O) groups is 3. The fourth-order valence-corrected chi connectivity index (χ4v) is 2.90. The number of fused-ring (bicyclic) bond motifs is 1. The Balaban J connectivity index is 2.38. The summed E-state index contributed by atoms with van der Waals surface area (Å²) in [6.07, 6.45) is 0.940. The van der Waals surface area contributed by atoms with Crippen LogP contribution in [0.2, 0.25) is 0 Å². The van der Waals surface area contributed by atoms with Gasteiger partial charge in [-0.25, -0.2) is 4.90 Å². The molecule has 122 valence electrons. The Bertz CT molecular complexity index is 608. The predicted molar refractivity (Wildman–Crippen MR) is 81.4 cm³/mol. The molecule has 7 nitrogen and oxygen atoms in total. The zero-order valence-electron chi connectivity index (χ0n) is 12.8. The van der Waals surface area contributed by atoms with E-state index in [0.717, 1.165) is 6.42 Å². The normalized spacial score (nSPS) is 16.1. The van der Waals surface area contributed by atoms with Crippen molar-refractivity contribution in [1.82, 2.24) is 4.90 Å². The van der Waals surface area contributed by atoms with Crippen LogP contribution in [0.25, 0.3) is 0 Å². The van der Waals surface area contributed by atoms with E-state index in [0.29, 0.717) is 24.0 Å². The third kappa shape index (κ3) is 3.13. The lowest BCUT2D eigenvalue weighted by Gasteiger charge is -2.25. The Morgan fingerprint density at radius 2 is 1.78 bits per heavy atom. The lowest BCUT2D eigenvalue weighted by Crippen LogP contribution is -2.49. The zero-order chi connectivity index (χ0) is 17.0. The van der Waals surface area contributed by atoms with Crippen LogP contribution in [0.3, 0.4) is 0 Å². The molecule has 0 aliphatic carbocycles. The number of amides is 2. The molecule has 1 aromatic carbocycles. The summed E-state index contributed by atoms with van der Waals surface area (Å²) in [5.41, 5.74) is 0.342. The molecular weight excluding hydrogens is 300 g/mol. The Morgan fingerprint density at radius 1 is 1.22 bits per heavy atom. The summed E-state index contributed by atoms with van der Waals surface area (Å²) >= 11 is 0. The topological polar surface area (TPSA) is 97.6 Å². The highest BCUT2D eigenvalue weighted by Gasteiger charge is 2.48. The number of unbranched alkanes of at least 4 members (excludes halogenated alkanes) is 1. The molecule has 0 fully saturated rings. The van der Waals surface area contributed by atoms with Crippen molar-refractivity contribution in [1.29, 1.82) is 0 Å². The van der Waals surface area contributed by atoms with Crippen molar-refractivity contribution < 1.29 is 19.3 Å². The van der Waals surface area contributed by atoms with Gasteiger partial charge in [0.25, 0.3) is 18.0 Å². The van der Waals surface area contributed by atoms with Crippen LogP contribution < -0.4 is 0 Å². The smallest absolute Gasteiger partial charge is 0.299 e. The summed E-state index contributed by atoms with van der Waals surface area (Å²) in [6, 6.07) is 6.17. The second kappa shape index (κ2) is 7.13. The van der Waals surface area contributed by atoms with Crippen LogP contribution in [0.15, 0.2) is 24.3 Å². The third-order valence-electron chi connectivity index (χ3n) is 4.06. The van der Waals surface area contributed by atoms with Gasteiger partial charge >= 0.3 is 0 Å². The van der Waals surface area contributed by atoms with E-state index in [1.165, 1.54) is 12.1 Å². The fraction of sp³-hybridized carbons (Fsp3) is 0.438. The molecule has 0 spiro atoms. The first-order valence-corrected chi connectivity index (χ1v) is 7.57. The van der Waals surface area contributed by atoms with E-state index in [-0.39, 0.29) is 17.5 Å². The maximum absolute atomic E-state index is 12.4. The second-order valence-corrected chi connectivity index (χ2v) is 5.53. The van der Waals surface area contributed by atoms with Crippen molar-refractivity contribution >= 4 is 18.1 Å². The number of rotatable bonds is 8. The Hall–Kier alpha value is -2.57. The molecule has 1 aliphatic rings. The van der Waals surface area contributed by atoms with E-state index in [1.807, 2.05) is 6.92 Å². The van der Waals surface area contributed by atoms with Gasteiger partial charge in [0.2, 0.25) is 0 Å². The van der Waals surface area contributed by atoms with Gasteiger partial charge in [0.05, 0.1) is 17.0 Å². The van der Waals surface area contributed by atoms with Gasteiger partial charge in [-0.15, -0.1) is 0 Å². The Kier molecular flexibility index (Phi) is 5.20. The molecule has 2 rings (SSSR count). The lowest BCUT2D eigenvalue weighted by atomic mass is 9.95. The molecule has 1 aromatic rings. The van der Waals surface area contributed by atoms with E-state index >= 15 is 0 Å². The summed E-state index contributed by atoms with van der Waals surface area (Å²) in [6.45, 7) is 1.93. The van der Waals surface area contributed by atoms with Crippen LogP contribution in [0.1, 0.15) is 53.3 Å². The molecule has 0 bridgehead atoms.